The third-order valence-electron chi connectivity index (χ3n) is 4.21. The average molecular weight is 331 g/mol. The number of aromatic nitrogens is 5. The van der Waals surface area contributed by atoms with Crippen molar-refractivity contribution in [2.45, 2.75) is 13.8 Å². The minimum atomic E-state index is 0.855. The fraction of sp³-hybridized carbons (Fsp3) is 0.111. The molecule has 5 nitrogen and oxygen atoms in total. The summed E-state index contributed by atoms with van der Waals surface area (Å²) in [7, 11) is 0. The Morgan fingerprint density at radius 2 is 1.92 bits per heavy atom. The molecule has 0 fully saturated rings. The van der Waals surface area contributed by atoms with E-state index in [9.17, 15) is 0 Å². The van der Waals surface area contributed by atoms with Crippen molar-refractivity contribution in [3.63, 3.8) is 0 Å². The summed E-state index contributed by atoms with van der Waals surface area (Å²) in [5.74, 6) is 0.855. The van der Waals surface area contributed by atoms with Crippen LogP contribution < -0.4 is 0 Å². The molecule has 5 rings (SSSR count). The topological polar surface area (TPSA) is 56.5 Å². The van der Waals surface area contributed by atoms with Crippen LogP contribution in [-0.4, -0.2) is 24.5 Å². The Morgan fingerprint density at radius 1 is 1.04 bits per heavy atom. The summed E-state index contributed by atoms with van der Waals surface area (Å²) in [6.07, 6.45) is 3.44. The van der Waals surface area contributed by atoms with Gasteiger partial charge in [-0.05, 0) is 37.6 Å². The summed E-state index contributed by atoms with van der Waals surface area (Å²) in [6.45, 7) is 4.13. The van der Waals surface area contributed by atoms with Gasteiger partial charge < -0.3 is 0 Å². The van der Waals surface area contributed by atoms with E-state index in [4.69, 9.17) is 0 Å². The first-order valence-electron chi connectivity index (χ1n) is 7.66. The first-order valence-corrected chi connectivity index (χ1v) is 8.48. The van der Waals surface area contributed by atoms with Gasteiger partial charge in [0.15, 0.2) is 5.82 Å². The van der Waals surface area contributed by atoms with Crippen LogP contribution in [0.15, 0.2) is 43.0 Å². The standard InChI is InChI=1S/C18H13N5S/c1-10-7-11(2)22-18-14(10)15-16(24-18)17(20-8-19-15)23-9-21-12-5-3-4-6-13(12)23/h3-9H,1-2H3. The summed E-state index contributed by atoms with van der Waals surface area (Å²) in [5, 5.41) is 1.12. The lowest BCUT2D eigenvalue weighted by atomic mass is 10.1. The van der Waals surface area contributed by atoms with Crippen LogP contribution in [0.4, 0.5) is 0 Å². The van der Waals surface area contributed by atoms with E-state index >= 15 is 0 Å². The molecule has 0 saturated heterocycles. The van der Waals surface area contributed by atoms with Crippen molar-refractivity contribution in [1.82, 2.24) is 24.5 Å². The predicted octanol–water partition coefficient (Wildman–Crippen LogP) is 4.20. The third-order valence-corrected chi connectivity index (χ3v) is 5.28. The number of para-hydroxylation sites is 2. The Kier molecular flexibility index (Phi) is 2.72. The molecule has 0 unspecified atom stereocenters. The molecule has 0 aliphatic carbocycles. The van der Waals surface area contributed by atoms with Crippen molar-refractivity contribution in [1.29, 1.82) is 0 Å². The van der Waals surface area contributed by atoms with E-state index in [0.29, 0.717) is 0 Å². The highest BCUT2D eigenvalue weighted by atomic mass is 32.1. The van der Waals surface area contributed by atoms with Gasteiger partial charge in [-0.25, -0.2) is 19.9 Å². The molecule has 116 valence electrons. The highest BCUT2D eigenvalue weighted by molar-refractivity contribution is 7.25. The van der Waals surface area contributed by atoms with Gasteiger partial charge in [0.05, 0.1) is 21.3 Å². The summed E-state index contributed by atoms with van der Waals surface area (Å²) in [5.41, 5.74) is 5.17. The lowest BCUT2D eigenvalue weighted by Crippen LogP contribution is -1.96. The molecule has 0 radical (unpaired) electrons. The summed E-state index contributed by atoms with van der Waals surface area (Å²) in [6, 6.07) is 10.2. The maximum atomic E-state index is 4.68. The van der Waals surface area contributed by atoms with Crippen LogP contribution in [0.5, 0.6) is 0 Å². The smallest absolute Gasteiger partial charge is 0.159 e. The second-order valence-electron chi connectivity index (χ2n) is 5.84. The molecular weight excluding hydrogens is 318 g/mol. The van der Waals surface area contributed by atoms with Crippen LogP contribution in [0.3, 0.4) is 0 Å². The molecule has 1 aromatic carbocycles. The van der Waals surface area contributed by atoms with Gasteiger partial charge in [-0.2, -0.15) is 0 Å². The van der Waals surface area contributed by atoms with Gasteiger partial charge in [0.25, 0.3) is 0 Å². The quantitative estimate of drug-likeness (QED) is 0.462. The molecular formula is C18H13N5S. The number of hydrogen-bond acceptors (Lipinski definition) is 5. The molecule has 0 aliphatic heterocycles. The maximum absolute atomic E-state index is 4.68. The molecule has 0 saturated carbocycles. The lowest BCUT2D eigenvalue weighted by molar-refractivity contribution is 1.02. The van der Waals surface area contributed by atoms with Crippen molar-refractivity contribution in [2.24, 2.45) is 0 Å². The highest BCUT2D eigenvalue weighted by Crippen LogP contribution is 2.36. The third kappa shape index (κ3) is 1.80. The van der Waals surface area contributed by atoms with Crippen molar-refractivity contribution < 1.29 is 0 Å². The van der Waals surface area contributed by atoms with Crippen LogP contribution in [0.25, 0.3) is 37.3 Å². The maximum Gasteiger partial charge on any atom is 0.159 e. The minimum Gasteiger partial charge on any atom is -0.282 e. The van der Waals surface area contributed by atoms with E-state index in [0.717, 1.165) is 43.0 Å². The number of pyridine rings is 1. The molecule has 0 amide bonds. The van der Waals surface area contributed by atoms with Crippen LogP contribution in [0, 0.1) is 13.8 Å². The van der Waals surface area contributed by atoms with Crippen molar-refractivity contribution in [2.75, 3.05) is 0 Å². The summed E-state index contributed by atoms with van der Waals surface area (Å²) >= 11 is 1.64. The number of imidazole rings is 1. The number of benzene rings is 1. The number of hydrogen-bond donors (Lipinski definition) is 0. The highest BCUT2D eigenvalue weighted by Gasteiger charge is 2.16. The molecule has 0 bridgehead atoms. The summed E-state index contributed by atoms with van der Waals surface area (Å²) < 4.78 is 3.06. The Hall–Kier alpha value is -2.86. The van der Waals surface area contributed by atoms with E-state index in [1.54, 1.807) is 17.7 Å². The molecule has 4 heterocycles. The molecule has 4 aromatic heterocycles. The first-order chi connectivity index (χ1) is 11.7. The van der Waals surface area contributed by atoms with E-state index in [-0.39, 0.29) is 0 Å². The lowest BCUT2D eigenvalue weighted by Gasteiger charge is -2.04. The monoisotopic (exact) mass is 331 g/mol. The Labute approximate surface area is 141 Å². The van der Waals surface area contributed by atoms with Crippen molar-refractivity contribution in [3.05, 3.63) is 54.2 Å². The number of rotatable bonds is 1. The van der Waals surface area contributed by atoms with Gasteiger partial charge in [0.2, 0.25) is 0 Å². The molecule has 0 atom stereocenters. The average Bonchev–Trinajstić information content (AvgIpc) is 3.15. The first kappa shape index (κ1) is 13.6. The Bertz CT molecular complexity index is 1230. The Morgan fingerprint density at radius 3 is 2.83 bits per heavy atom. The van der Waals surface area contributed by atoms with Gasteiger partial charge in [-0.15, -0.1) is 11.3 Å². The van der Waals surface area contributed by atoms with Gasteiger partial charge >= 0.3 is 0 Å². The zero-order chi connectivity index (χ0) is 16.3. The fourth-order valence-electron chi connectivity index (χ4n) is 3.20. The second kappa shape index (κ2) is 4.82. The fourth-order valence-corrected chi connectivity index (χ4v) is 4.43. The van der Waals surface area contributed by atoms with Gasteiger partial charge in [0, 0.05) is 11.1 Å². The van der Waals surface area contributed by atoms with Crippen LogP contribution >= 0.6 is 11.3 Å². The zero-order valence-corrected chi connectivity index (χ0v) is 14.0. The van der Waals surface area contributed by atoms with Gasteiger partial charge in [0.1, 0.15) is 17.5 Å². The van der Waals surface area contributed by atoms with Gasteiger partial charge in [-0.3, -0.25) is 4.57 Å². The molecule has 0 spiro atoms. The molecule has 24 heavy (non-hydrogen) atoms. The van der Waals surface area contributed by atoms with Crippen molar-refractivity contribution >= 4 is 42.8 Å². The molecule has 0 aliphatic rings. The van der Waals surface area contributed by atoms with Crippen LogP contribution in [0.1, 0.15) is 11.3 Å². The van der Waals surface area contributed by atoms with Gasteiger partial charge in [-0.1, -0.05) is 12.1 Å². The summed E-state index contributed by atoms with van der Waals surface area (Å²) in [4.78, 5) is 19.2. The van der Waals surface area contributed by atoms with Crippen LogP contribution in [0.2, 0.25) is 0 Å². The van der Waals surface area contributed by atoms with E-state index < -0.39 is 0 Å². The number of thiophene rings is 1. The van der Waals surface area contributed by atoms with Crippen LogP contribution in [-0.2, 0) is 0 Å². The Balaban J connectivity index is 1.91. The number of aryl methyl sites for hydroxylation is 2. The number of fused-ring (bicyclic) bond motifs is 4. The molecule has 6 heteroatoms. The minimum absolute atomic E-state index is 0.855. The molecule has 5 aromatic rings. The van der Waals surface area contributed by atoms with Crippen molar-refractivity contribution in [3.8, 4) is 5.82 Å². The normalized spacial score (nSPS) is 11.8. The van der Waals surface area contributed by atoms with E-state index in [2.05, 4.69) is 39.0 Å². The predicted molar refractivity (Wildman–Crippen MR) is 96.8 cm³/mol. The number of nitrogens with zero attached hydrogens (tertiary/aromatic N) is 5. The second-order valence-corrected chi connectivity index (χ2v) is 6.84. The van der Waals surface area contributed by atoms with E-state index in [1.165, 1.54) is 5.56 Å². The molecule has 0 N–H and O–H groups in total. The SMILES string of the molecule is Cc1cc(C)c2c(n1)sc1c(-n3cnc4ccccc43)ncnc12. The zero-order valence-electron chi connectivity index (χ0n) is 13.2. The van der Waals surface area contributed by atoms with E-state index in [1.807, 2.05) is 36.0 Å². The largest absolute Gasteiger partial charge is 0.282 e.